The van der Waals surface area contributed by atoms with Crippen LogP contribution < -0.4 is 14.8 Å². The summed E-state index contributed by atoms with van der Waals surface area (Å²) in [6.07, 6.45) is 3.28. The SMILES string of the molecule is COc1cccc(-c2nn(-c3ccccc3C)c3c2CCCCN3)c1OC. The number of ether oxygens (including phenoxy) is 2. The lowest BCUT2D eigenvalue weighted by molar-refractivity contribution is 0.356. The Bertz CT molecular complexity index is 962. The van der Waals surface area contributed by atoms with Crippen molar-refractivity contribution in [1.29, 1.82) is 0 Å². The summed E-state index contributed by atoms with van der Waals surface area (Å²) >= 11 is 0. The van der Waals surface area contributed by atoms with Crippen LogP contribution in [0, 0.1) is 6.92 Å². The quantitative estimate of drug-likeness (QED) is 0.735. The van der Waals surface area contributed by atoms with Crippen molar-refractivity contribution in [2.75, 3.05) is 26.1 Å². The molecule has 0 saturated carbocycles. The number of hydrogen-bond acceptors (Lipinski definition) is 4. The minimum absolute atomic E-state index is 0.718. The summed E-state index contributed by atoms with van der Waals surface area (Å²) < 4.78 is 13.2. The van der Waals surface area contributed by atoms with Gasteiger partial charge in [0, 0.05) is 17.7 Å². The van der Waals surface area contributed by atoms with Gasteiger partial charge in [-0.05, 0) is 49.9 Å². The summed E-state index contributed by atoms with van der Waals surface area (Å²) in [5.74, 6) is 2.53. The molecule has 1 aromatic heterocycles. The normalized spacial score (nSPS) is 13.4. The topological polar surface area (TPSA) is 48.3 Å². The van der Waals surface area contributed by atoms with E-state index in [1.54, 1.807) is 14.2 Å². The monoisotopic (exact) mass is 363 g/mol. The molecule has 140 valence electrons. The van der Waals surface area contributed by atoms with Crippen LogP contribution in [-0.2, 0) is 6.42 Å². The third-order valence-electron chi connectivity index (χ3n) is 5.13. The molecule has 2 heterocycles. The molecule has 0 bridgehead atoms. The zero-order valence-corrected chi connectivity index (χ0v) is 16.1. The fraction of sp³-hybridized carbons (Fsp3) is 0.318. The van der Waals surface area contributed by atoms with Crippen molar-refractivity contribution in [3.63, 3.8) is 0 Å². The van der Waals surface area contributed by atoms with Gasteiger partial charge in [-0.2, -0.15) is 5.10 Å². The number of methoxy groups -OCH3 is 2. The molecular formula is C22H25N3O2. The van der Waals surface area contributed by atoms with E-state index in [0.717, 1.165) is 60.1 Å². The maximum atomic E-state index is 5.69. The van der Waals surface area contributed by atoms with Crippen LogP contribution in [0.15, 0.2) is 42.5 Å². The Morgan fingerprint density at radius 2 is 1.85 bits per heavy atom. The number of fused-ring (bicyclic) bond motifs is 1. The lowest BCUT2D eigenvalue weighted by Crippen LogP contribution is -2.08. The first-order valence-electron chi connectivity index (χ1n) is 9.37. The van der Waals surface area contributed by atoms with Crippen molar-refractivity contribution in [3.8, 4) is 28.4 Å². The second kappa shape index (κ2) is 7.35. The van der Waals surface area contributed by atoms with Crippen molar-refractivity contribution in [3.05, 3.63) is 53.6 Å². The number of rotatable bonds is 4. The summed E-state index contributed by atoms with van der Waals surface area (Å²) in [6.45, 7) is 3.07. The van der Waals surface area contributed by atoms with Crippen molar-refractivity contribution >= 4 is 5.82 Å². The predicted molar refractivity (Wildman–Crippen MR) is 108 cm³/mol. The van der Waals surface area contributed by atoms with E-state index in [2.05, 4.69) is 42.6 Å². The summed E-state index contributed by atoms with van der Waals surface area (Å²) in [7, 11) is 3.34. The number of benzene rings is 2. The van der Waals surface area contributed by atoms with E-state index in [4.69, 9.17) is 14.6 Å². The maximum absolute atomic E-state index is 5.69. The van der Waals surface area contributed by atoms with Crippen LogP contribution in [0.4, 0.5) is 5.82 Å². The van der Waals surface area contributed by atoms with E-state index in [1.165, 1.54) is 11.1 Å². The van der Waals surface area contributed by atoms with Crippen molar-refractivity contribution in [1.82, 2.24) is 9.78 Å². The van der Waals surface area contributed by atoms with Gasteiger partial charge >= 0.3 is 0 Å². The van der Waals surface area contributed by atoms with Gasteiger partial charge in [0.15, 0.2) is 11.5 Å². The number of hydrogen-bond donors (Lipinski definition) is 1. The Morgan fingerprint density at radius 1 is 1.00 bits per heavy atom. The van der Waals surface area contributed by atoms with Gasteiger partial charge in [-0.15, -0.1) is 0 Å². The van der Waals surface area contributed by atoms with Crippen molar-refractivity contribution in [2.24, 2.45) is 0 Å². The van der Waals surface area contributed by atoms with E-state index >= 15 is 0 Å². The Morgan fingerprint density at radius 3 is 2.63 bits per heavy atom. The first-order chi connectivity index (χ1) is 13.2. The van der Waals surface area contributed by atoms with Crippen LogP contribution in [0.1, 0.15) is 24.0 Å². The molecule has 0 spiro atoms. The number of nitrogens with one attached hydrogen (secondary N) is 1. The number of anilines is 1. The standard InChI is InChI=1S/C22H25N3O2/c1-15-9-4-5-12-18(15)25-22-17(10-6-7-14-23-22)20(24-25)16-11-8-13-19(26-2)21(16)27-3/h4-5,8-9,11-13,23H,6-7,10,14H2,1-3H3. The van der Waals surface area contributed by atoms with Gasteiger partial charge in [-0.25, -0.2) is 4.68 Å². The molecule has 4 rings (SSSR count). The van der Waals surface area contributed by atoms with Gasteiger partial charge in [0.2, 0.25) is 0 Å². The van der Waals surface area contributed by atoms with Crippen molar-refractivity contribution < 1.29 is 9.47 Å². The third kappa shape index (κ3) is 3.03. The van der Waals surface area contributed by atoms with Crippen LogP contribution in [0.2, 0.25) is 0 Å². The van der Waals surface area contributed by atoms with Crippen LogP contribution in [0.25, 0.3) is 16.9 Å². The van der Waals surface area contributed by atoms with Crippen LogP contribution >= 0.6 is 0 Å². The molecule has 5 heteroatoms. The molecule has 2 aromatic carbocycles. The van der Waals surface area contributed by atoms with Gasteiger partial charge in [0.25, 0.3) is 0 Å². The fourth-order valence-corrected chi connectivity index (χ4v) is 3.77. The Labute approximate surface area is 159 Å². The molecule has 5 nitrogen and oxygen atoms in total. The highest BCUT2D eigenvalue weighted by Crippen LogP contribution is 2.42. The molecule has 0 radical (unpaired) electrons. The molecule has 1 N–H and O–H groups in total. The Kier molecular flexibility index (Phi) is 4.75. The number of nitrogens with zero attached hydrogens (tertiary/aromatic N) is 2. The third-order valence-corrected chi connectivity index (χ3v) is 5.13. The first-order valence-corrected chi connectivity index (χ1v) is 9.37. The molecular weight excluding hydrogens is 338 g/mol. The zero-order valence-electron chi connectivity index (χ0n) is 16.1. The number of aromatic nitrogens is 2. The second-order valence-electron chi connectivity index (χ2n) is 6.80. The summed E-state index contributed by atoms with van der Waals surface area (Å²) in [5, 5.41) is 8.64. The van der Waals surface area contributed by atoms with Gasteiger partial charge in [0.1, 0.15) is 11.5 Å². The number of aryl methyl sites for hydroxylation is 1. The van der Waals surface area contributed by atoms with Gasteiger partial charge in [-0.1, -0.05) is 24.3 Å². The lowest BCUT2D eigenvalue weighted by atomic mass is 10.0. The fourth-order valence-electron chi connectivity index (χ4n) is 3.77. The van der Waals surface area contributed by atoms with E-state index in [0.29, 0.717) is 0 Å². The highest BCUT2D eigenvalue weighted by molar-refractivity contribution is 5.78. The minimum Gasteiger partial charge on any atom is -0.493 e. The van der Waals surface area contributed by atoms with Crippen LogP contribution in [-0.4, -0.2) is 30.5 Å². The average molecular weight is 363 g/mol. The highest BCUT2D eigenvalue weighted by atomic mass is 16.5. The Balaban J connectivity index is 1.97. The van der Waals surface area contributed by atoms with Gasteiger partial charge < -0.3 is 14.8 Å². The maximum Gasteiger partial charge on any atom is 0.170 e. The molecule has 0 unspecified atom stereocenters. The molecule has 3 aromatic rings. The van der Waals surface area contributed by atoms with E-state index in [-0.39, 0.29) is 0 Å². The molecule has 0 atom stereocenters. The molecule has 1 aliphatic heterocycles. The minimum atomic E-state index is 0.718. The molecule has 1 aliphatic rings. The van der Waals surface area contributed by atoms with E-state index in [9.17, 15) is 0 Å². The lowest BCUT2D eigenvalue weighted by Gasteiger charge is -2.12. The summed E-state index contributed by atoms with van der Waals surface area (Å²) in [5.41, 5.74) is 5.44. The molecule has 0 fully saturated rings. The predicted octanol–water partition coefficient (Wildman–Crippen LogP) is 4.61. The number of para-hydroxylation sites is 2. The largest absolute Gasteiger partial charge is 0.493 e. The van der Waals surface area contributed by atoms with Gasteiger partial charge in [-0.3, -0.25) is 0 Å². The Hall–Kier alpha value is -2.95. The first kappa shape index (κ1) is 17.5. The average Bonchev–Trinajstić information content (AvgIpc) is 2.88. The highest BCUT2D eigenvalue weighted by Gasteiger charge is 2.25. The molecule has 0 amide bonds. The van der Waals surface area contributed by atoms with Crippen molar-refractivity contribution in [2.45, 2.75) is 26.2 Å². The zero-order chi connectivity index (χ0) is 18.8. The van der Waals surface area contributed by atoms with Gasteiger partial charge in [0.05, 0.1) is 19.9 Å². The summed E-state index contributed by atoms with van der Waals surface area (Å²) in [6, 6.07) is 14.3. The van der Waals surface area contributed by atoms with E-state index in [1.807, 2.05) is 16.8 Å². The summed E-state index contributed by atoms with van der Waals surface area (Å²) in [4.78, 5) is 0. The smallest absolute Gasteiger partial charge is 0.170 e. The van der Waals surface area contributed by atoms with Crippen LogP contribution in [0.3, 0.4) is 0 Å². The van der Waals surface area contributed by atoms with Crippen LogP contribution in [0.5, 0.6) is 11.5 Å². The van der Waals surface area contributed by atoms with E-state index < -0.39 is 0 Å². The second-order valence-corrected chi connectivity index (χ2v) is 6.80. The molecule has 0 aliphatic carbocycles. The molecule has 0 saturated heterocycles. The molecule has 27 heavy (non-hydrogen) atoms.